The first-order chi connectivity index (χ1) is 14.3. The Labute approximate surface area is 183 Å². The number of hydrogen-bond donors (Lipinski definition) is 2. The number of nitrogens with one attached hydrogen (secondary N) is 1. The number of halogens is 2. The van der Waals surface area contributed by atoms with Crippen LogP contribution in [0.2, 0.25) is 10.0 Å². The van der Waals surface area contributed by atoms with Gasteiger partial charge in [0, 0.05) is 25.0 Å². The van der Waals surface area contributed by atoms with E-state index in [9.17, 15) is 18.9 Å². The summed E-state index contributed by atoms with van der Waals surface area (Å²) in [6, 6.07) is 8.13. The zero-order chi connectivity index (χ0) is 21.4. The molecule has 1 aliphatic rings. The third-order valence-electron chi connectivity index (χ3n) is 4.65. The molecule has 0 radical (unpaired) electrons. The lowest BCUT2D eigenvalue weighted by molar-refractivity contribution is 0.0942. The van der Waals surface area contributed by atoms with Crippen LogP contribution in [0.15, 0.2) is 41.3 Å². The van der Waals surface area contributed by atoms with Crippen molar-refractivity contribution < 1.29 is 14.1 Å². The SMILES string of the molecule is O=C(NCc1ccc(Cl)c(Cl)c1)c1nc2ccc(N3CCCS3=O)cn2c(=O)c1O. The number of amides is 1. The van der Waals surface area contributed by atoms with Gasteiger partial charge < -0.3 is 10.4 Å². The Hall–Kier alpha value is -2.62. The fourth-order valence-electron chi connectivity index (χ4n) is 3.13. The Balaban J connectivity index is 1.61. The molecule has 2 N–H and O–H groups in total. The van der Waals surface area contributed by atoms with Crippen LogP contribution in [0.3, 0.4) is 0 Å². The van der Waals surface area contributed by atoms with Crippen LogP contribution in [-0.2, 0) is 17.5 Å². The molecule has 2 aromatic heterocycles. The molecule has 0 aliphatic carbocycles. The highest BCUT2D eigenvalue weighted by molar-refractivity contribution is 7.86. The molecule has 1 aromatic carbocycles. The maximum absolute atomic E-state index is 12.6. The molecule has 1 atom stereocenters. The second kappa shape index (κ2) is 8.25. The van der Waals surface area contributed by atoms with Gasteiger partial charge >= 0.3 is 5.56 Å². The third-order valence-corrected chi connectivity index (χ3v) is 6.91. The lowest BCUT2D eigenvalue weighted by Crippen LogP contribution is -2.28. The van der Waals surface area contributed by atoms with Crippen LogP contribution in [0.1, 0.15) is 22.5 Å². The van der Waals surface area contributed by atoms with E-state index >= 15 is 0 Å². The average Bonchev–Trinajstić information content (AvgIpc) is 3.17. The second-order valence-corrected chi connectivity index (χ2v) is 8.95. The van der Waals surface area contributed by atoms with E-state index in [2.05, 4.69) is 10.3 Å². The quantitative estimate of drug-likeness (QED) is 0.614. The summed E-state index contributed by atoms with van der Waals surface area (Å²) >= 11 is 11.8. The minimum Gasteiger partial charge on any atom is -0.501 e. The van der Waals surface area contributed by atoms with E-state index in [1.165, 1.54) is 6.20 Å². The van der Waals surface area contributed by atoms with Crippen LogP contribution >= 0.6 is 23.2 Å². The molecule has 3 aromatic rings. The van der Waals surface area contributed by atoms with Crippen LogP contribution < -0.4 is 15.2 Å². The summed E-state index contributed by atoms with van der Waals surface area (Å²) in [6.45, 7) is 0.720. The standard InChI is InChI=1S/C19H16Cl2N4O4S/c20-13-4-2-11(8-14(13)21)9-22-18(27)16-17(26)19(28)24-10-12(3-5-15(24)23-16)25-6-1-7-30(25)29/h2-5,8,10,26H,1,6-7,9H2,(H,22,27). The van der Waals surface area contributed by atoms with E-state index in [1.807, 2.05) is 0 Å². The number of carbonyl (C=O) groups is 1. The summed E-state index contributed by atoms with van der Waals surface area (Å²) < 4.78 is 14.9. The Morgan fingerprint density at radius 2 is 2.03 bits per heavy atom. The van der Waals surface area contributed by atoms with E-state index in [1.54, 1.807) is 34.6 Å². The summed E-state index contributed by atoms with van der Waals surface area (Å²) in [4.78, 5) is 29.3. The molecule has 11 heteroatoms. The van der Waals surface area contributed by atoms with E-state index < -0.39 is 28.2 Å². The first-order valence-corrected chi connectivity index (χ1v) is 11.0. The van der Waals surface area contributed by atoms with Crippen molar-refractivity contribution in [2.24, 2.45) is 0 Å². The summed E-state index contributed by atoms with van der Waals surface area (Å²) in [5, 5.41) is 13.6. The lowest BCUT2D eigenvalue weighted by atomic mass is 10.2. The molecule has 156 valence electrons. The number of fused-ring (bicyclic) bond motifs is 1. The maximum Gasteiger partial charge on any atom is 0.300 e. The van der Waals surface area contributed by atoms with Gasteiger partial charge in [-0.05, 0) is 36.2 Å². The van der Waals surface area contributed by atoms with Crippen molar-refractivity contribution in [3.63, 3.8) is 0 Å². The molecular weight excluding hydrogens is 451 g/mol. The van der Waals surface area contributed by atoms with E-state index in [0.29, 0.717) is 33.6 Å². The number of hydrogen-bond acceptors (Lipinski definition) is 5. The molecule has 30 heavy (non-hydrogen) atoms. The van der Waals surface area contributed by atoms with Crippen molar-refractivity contribution in [2.75, 3.05) is 16.6 Å². The predicted octanol–water partition coefficient (Wildman–Crippen LogP) is 2.51. The Bertz CT molecular complexity index is 1250. The number of rotatable bonds is 4. The zero-order valence-corrected chi connectivity index (χ0v) is 17.8. The van der Waals surface area contributed by atoms with Gasteiger partial charge in [-0.2, -0.15) is 0 Å². The molecule has 0 saturated carbocycles. The molecule has 8 nitrogen and oxygen atoms in total. The fourth-order valence-corrected chi connectivity index (χ4v) is 4.72. The molecule has 1 unspecified atom stereocenters. The summed E-state index contributed by atoms with van der Waals surface area (Å²) in [7, 11) is -1.15. The first kappa shape index (κ1) is 20.6. The van der Waals surface area contributed by atoms with Gasteiger partial charge in [0.05, 0.1) is 15.7 Å². The van der Waals surface area contributed by atoms with Gasteiger partial charge in [-0.25, -0.2) is 9.19 Å². The molecule has 1 amide bonds. The van der Waals surface area contributed by atoms with Gasteiger partial charge in [0.2, 0.25) is 5.75 Å². The molecular formula is C19H16Cl2N4O4S. The summed E-state index contributed by atoms with van der Waals surface area (Å²) in [6.07, 6.45) is 2.26. The average molecular weight is 467 g/mol. The Morgan fingerprint density at radius 1 is 1.23 bits per heavy atom. The van der Waals surface area contributed by atoms with Gasteiger partial charge in [0.1, 0.15) is 16.6 Å². The molecule has 1 saturated heterocycles. The summed E-state index contributed by atoms with van der Waals surface area (Å²) in [5.41, 5.74) is 0.298. The number of pyridine rings is 1. The number of nitrogens with zero attached hydrogens (tertiary/aromatic N) is 3. The van der Waals surface area contributed by atoms with Crippen molar-refractivity contribution in [3.8, 4) is 5.75 Å². The lowest BCUT2D eigenvalue weighted by Gasteiger charge is -2.16. The number of anilines is 1. The van der Waals surface area contributed by atoms with E-state index in [4.69, 9.17) is 23.2 Å². The van der Waals surface area contributed by atoms with Crippen LogP contribution in [0, 0.1) is 0 Å². The number of aromatic hydroxyl groups is 1. The number of carbonyl (C=O) groups excluding carboxylic acids is 1. The molecule has 0 spiro atoms. The normalized spacial score (nSPS) is 16.2. The molecule has 4 rings (SSSR count). The summed E-state index contributed by atoms with van der Waals surface area (Å²) in [5.74, 6) is -0.907. The second-order valence-electron chi connectivity index (χ2n) is 6.64. The third kappa shape index (κ3) is 3.88. The van der Waals surface area contributed by atoms with Crippen molar-refractivity contribution in [1.29, 1.82) is 0 Å². The monoisotopic (exact) mass is 466 g/mol. The van der Waals surface area contributed by atoms with Crippen LogP contribution in [-0.4, -0.2) is 36.9 Å². The molecule has 0 bridgehead atoms. The van der Waals surface area contributed by atoms with Crippen molar-refractivity contribution in [1.82, 2.24) is 14.7 Å². The van der Waals surface area contributed by atoms with Gasteiger partial charge in [0.15, 0.2) is 5.69 Å². The fraction of sp³-hybridized carbons (Fsp3) is 0.211. The van der Waals surface area contributed by atoms with Gasteiger partial charge in [-0.15, -0.1) is 0 Å². The van der Waals surface area contributed by atoms with Crippen molar-refractivity contribution in [2.45, 2.75) is 13.0 Å². The van der Waals surface area contributed by atoms with Gasteiger partial charge in [-0.3, -0.25) is 18.3 Å². The first-order valence-electron chi connectivity index (χ1n) is 8.98. The number of aromatic nitrogens is 2. The van der Waals surface area contributed by atoms with Crippen molar-refractivity contribution in [3.05, 3.63) is 68.2 Å². The predicted molar refractivity (Wildman–Crippen MR) is 116 cm³/mol. The Morgan fingerprint density at radius 3 is 2.73 bits per heavy atom. The largest absolute Gasteiger partial charge is 0.501 e. The Kier molecular flexibility index (Phi) is 5.68. The van der Waals surface area contributed by atoms with Crippen LogP contribution in [0.4, 0.5) is 5.69 Å². The van der Waals surface area contributed by atoms with E-state index in [-0.39, 0.29) is 17.9 Å². The highest BCUT2D eigenvalue weighted by Crippen LogP contribution is 2.23. The highest BCUT2D eigenvalue weighted by atomic mass is 35.5. The van der Waals surface area contributed by atoms with Gasteiger partial charge in [0.25, 0.3) is 5.91 Å². The minimum atomic E-state index is -1.15. The van der Waals surface area contributed by atoms with Crippen molar-refractivity contribution >= 4 is 51.4 Å². The van der Waals surface area contributed by atoms with Crippen LogP contribution in [0.5, 0.6) is 5.75 Å². The number of benzene rings is 1. The highest BCUT2D eigenvalue weighted by Gasteiger charge is 2.23. The molecule has 1 aliphatic heterocycles. The van der Waals surface area contributed by atoms with Gasteiger partial charge in [-0.1, -0.05) is 29.3 Å². The molecule has 1 fully saturated rings. The maximum atomic E-state index is 12.6. The van der Waals surface area contributed by atoms with Crippen LogP contribution in [0.25, 0.3) is 5.65 Å². The topological polar surface area (TPSA) is 104 Å². The van der Waals surface area contributed by atoms with E-state index in [0.717, 1.165) is 10.8 Å². The minimum absolute atomic E-state index is 0.107. The zero-order valence-electron chi connectivity index (χ0n) is 15.5. The smallest absolute Gasteiger partial charge is 0.300 e. The molecule has 3 heterocycles.